The number of ether oxygens (including phenoxy) is 1. The van der Waals surface area contributed by atoms with E-state index in [2.05, 4.69) is 17.4 Å². The first kappa shape index (κ1) is 22.4. The number of nitrogens with one attached hydrogen (secondary N) is 1. The van der Waals surface area contributed by atoms with Gasteiger partial charge in [-0.3, -0.25) is 4.79 Å². The summed E-state index contributed by atoms with van der Waals surface area (Å²) in [6.45, 7) is 1.93. The van der Waals surface area contributed by atoms with Gasteiger partial charge in [-0.2, -0.15) is 0 Å². The quantitative estimate of drug-likeness (QED) is 0.505. The first-order chi connectivity index (χ1) is 15.6. The molecule has 4 rings (SSSR count). The number of carbonyl (C=O) groups is 1. The molecular weight excluding hydrogens is 422 g/mol. The van der Waals surface area contributed by atoms with Gasteiger partial charge in [-0.25, -0.2) is 0 Å². The van der Waals surface area contributed by atoms with Crippen LogP contribution < -0.4 is 5.32 Å². The van der Waals surface area contributed by atoms with Gasteiger partial charge in [-0.1, -0.05) is 72.3 Å². The van der Waals surface area contributed by atoms with Crippen molar-refractivity contribution in [1.29, 1.82) is 0 Å². The maximum absolute atomic E-state index is 13.2. The number of amides is 1. The Labute approximate surface area is 194 Å². The Bertz CT molecular complexity index is 1030. The molecular formula is C27H28ClNO3. The van der Waals surface area contributed by atoms with E-state index < -0.39 is 0 Å². The smallest absolute Gasteiger partial charge is 0.220 e. The lowest BCUT2D eigenvalue weighted by molar-refractivity contribution is -0.121. The van der Waals surface area contributed by atoms with Crippen LogP contribution in [0.5, 0.6) is 5.75 Å². The highest BCUT2D eigenvalue weighted by atomic mass is 35.5. The van der Waals surface area contributed by atoms with Crippen LogP contribution in [0.25, 0.3) is 0 Å². The minimum absolute atomic E-state index is 0.0555. The number of carbonyl (C=O) groups excluding carboxylic acids is 1. The van der Waals surface area contributed by atoms with Crippen LogP contribution in [0.4, 0.5) is 0 Å². The van der Waals surface area contributed by atoms with Crippen molar-refractivity contribution in [3.05, 3.63) is 101 Å². The zero-order chi connectivity index (χ0) is 22.4. The molecule has 0 bridgehead atoms. The maximum Gasteiger partial charge on any atom is 0.220 e. The van der Waals surface area contributed by atoms with E-state index in [4.69, 9.17) is 16.3 Å². The molecule has 4 nitrogen and oxygen atoms in total. The third kappa shape index (κ3) is 5.14. The van der Waals surface area contributed by atoms with Crippen LogP contribution in [0.2, 0.25) is 5.02 Å². The Balaban J connectivity index is 1.54. The molecule has 1 amide bonds. The fourth-order valence-electron chi connectivity index (χ4n) is 4.54. The molecule has 1 heterocycles. The Morgan fingerprint density at radius 2 is 1.66 bits per heavy atom. The van der Waals surface area contributed by atoms with Crippen LogP contribution in [0.3, 0.4) is 0 Å². The van der Waals surface area contributed by atoms with Crippen LogP contribution in [0.1, 0.15) is 41.9 Å². The van der Waals surface area contributed by atoms with Gasteiger partial charge in [0, 0.05) is 48.1 Å². The predicted octanol–water partition coefficient (Wildman–Crippen LogP) is 5.43. The van der Waals surface area contributed by atoms with Gasteiger partial charge >= 0.3 is 0 Å². The van der Waals surface area contributed by atoms with Crippen molar-refractivity contribution in [2.75, 3.05) is 19.8 Å². The molecule has 0 spiro atoms. The molecule has 166 valence electrons. The summed E-state index contributed by atoms with van der Waals surface area (Å²) in [5, 5.41) is 14.2. The SMILES string of the molecule is O=C(C[C@@H](c1ccccc1)c1cc(Cl)ccc1O)NCC1(c2ccccc2)CCOCC1. The van der Waals surface area contributed by atoms with Crippen LogP contribution in [0.15, 0.2) is 78.9 Å². The van der Waals surface area contributed by atoms with Gasteiger partial charge in [0.2, 0.25) is 5.91 Å². The molecule has 0 unspecified atom stereocenters. The molecule has 3 aromatic rings. The Hall–Kier alpha value is -2.82. The molecule has 0 radical (unpaired) electrons. The second kappa shape index (κ2) is 10.2. The minimum atomic E-state index is -0.294. The Kier molecular flexibility index (Phi) is 7.13. The van der Waals surface area contributed by atoms with Crippen molar-refractivity contribution in [2.24, 2.45) is 0 Å². The number of phenolic OH excluding ortho intramolecular Hbond substituents is 1. The predicted molar refractivity (Wildman–Crippen MR) is 127 cm³/mol. The molecule has 1 saturated heterocycles. The van der Waals surface area contributed by atoms with E-state index in [0.717, 1.165) is 18.4 Å². The van der Waals surface area contributed by atoms with E-state index in [-0.39, 0.29) is 29.4 Å². The standard InChI is InChI=1S/C27H28ClNO3/c28-22-11-12-25(30)24(17-22)23(20-7-3-1-4-8-20)18-26(31)29-19-27(13-15-32-16-14-27)21-9-5-2-6-10-21/h1-12,17,23,30H,13-16,18-19H2,(H,29,31)/t23-/m0/s1. The zero-order valence-electron chi connectivity index (χ0n) is 18.0. The van der Waals surface area contributed by atoms with Gasteiger partial charge in [-0.05, 0) is 42.2 Å². The van der Waals surface area contributed by atoms with Gasteiger partial charge in [0.15, 0.2) is 0 Å². The van der Waals surface area contributed by atoms with E-state index in [9.17, 15) is 9.90 Å². The Morgan fingerprint density at radius 3 is 2.34 bits per heavy atom. The van der Waals surface area contributed by atoms with Crippen molar-refractivity contribution in [3.63, 3.8) is 0 Å². The Morgan fingerprint density at radius 1 is 1.00 bits per heavy atom. The lowest BCUT2D eigenvalue weighted by atomic mass is 9.74. The summed E-state index contributed by atoms with van der Waals surface area (Å²) in [6.07, 6.45) is 1.96. The summed E-state index contributed by atoms with van der Waals surface area (Å²) >= 11 is 6.21. The van der Waals surface area contributed by atoms with Gasteiger partial charge in [0.05, 0.1) is 0 Å². The number of phenols is 1. The van der Waals surface area contributed by atoms with E-state index in [0.29, 0.717) is 30.3 Å². The van der Waals surface area contributed by atoms with Gasteiger partial charge < -0.3 is 15.2 Å². The van der Waals surface area contributed by atoms with Crippen LogP contribution in [-0.4, -0.2) is 30.8 Å². The van der Waals surface area contributed by atoms with Crippen molar-refractivity contribution < 1.29 is 14.6 Å². The maximum atomic E-state index is 13.2. The molecule has 2 N–H and O–H groups in total. The molecule has 1 fully saturated rings. The second-order valence-corrected chi connectivity index (χ2v) is 8.84. The molecule has 1 aliphatic heterocycles. The van der Waals surface area contributed by atoms with Crippen molar-refractivity contribution >= 4 is 17.5 Å². The number of hydrogen-bond acceptors (Lipinski definition) is 3. The topological polar surface area (TPSA) is 58.6 Å². The number of rotatable bonds is 7. The summed E-state index contributed by atoms with van der Waals surface area (Å²) in [4.78, 5) is 13.2. The van der Waals surface area contributed by atoms with E-state index in [1.54, 1.807) is 18.2 Å². The molecule has 5 heteroatoms. The van der Waals surface area contributed by atoms with Gasteiger partial charge in [0.25, 0.3) is 0 Å². The molecule has 32 heavy (non-hydrogen) atoms. The fourth-order valence-corrected chi connectivity index (χ4v) is 4.72. The highest BCUT2D eigenvalue weighted by Gasteiger charge is 2.35. The monoisotopic (exact) mass is 449 g/mol. The third-order valence-corrected chi connectivity index (χ3v) is 6.65. The number of benzene rings is 3. The van der Waals surface area contributed by atoms with Crippen LogP contribution in [-0.2, 0) is 14.9 Å². The summed E-state index contributed by atoms with van der Waals surface area (Å²) < 4.78 is 5.60. The second-order valence-electron chi connectivity index (χ2n) is 8.41. The highest BCUT2D eigenvalue weighted by Crippen LogP contribution is 2.37. The normalized spacial score (nSPS) is 16.3. The average molecular weight is 450 g/mol. The fraction of sp³-hybridized carbons (Fsp3) is 0.296. The lowest BCUT2D eigenvalue weighted by Gasteiger charge is -2.38. The number of hydrogen-bond donors (Lipinski definition) is 2. The molecule has 1 atom stereocenters. The lowest BCUT2D eigenvalue weighted by Crippen LogP contribution is -2.44. The third-order valence-electron chi connectivity index (χ3n) is 6.42. The van der Waals surface area contributed by atoms with E-state index >= 15 is 0 Å². The van der Waals surface area contributed by atoms with Crippen molar-refractivity contribution in [3.8, 4) is 5.75 Å². The zero-order valence-corrected chi connectivity index (χ0v) is 18.7. The largest absolute Gasteiger partial charge is 0.508 e. The molecule has 3 aromatic carbocycles. The molecule has 1 aliphatic rings. The van der Waals surface area contributed by atoms with E-state index in [1.165, 1.54) is 5.56 Å². The summed E-state index contributed by atoms with van der Waals surface area (Å²) in [5.41, 5.74) is 2.72. The van der Waals surface area contributed by atoms with Crippen LogP contribution in [0, 0.1) is 0 Å². The molecule has 0 aromatic heterocycles. The minimum Gasteiger partial charge on any atom is -0.508 e. The van der Waals surface area contributed by atoms with E-state index in [1.807, 2.05) is 48.5 Å². The van der Waals surface area contributed by atoms with Gasteiger partial charge in [-0.15, -0.1) is 0 Å². The first-order valence-electron chi connectivity index (χ1n) is 11.0. The molecule has 0 saturated carbocycles. The molecule has 0 aliphatic carbocycles. The van der Waals surface area contributed by atoms with Gasteiger partial charge in [0.1, 0.15) is 5.75 Å². The van der Waals surface area contributed by atoms with Crippen molar-refractivity contribution in [2.45, 2.75) is 30.6 Å². The summed E-state index contributed by atoms with van der Waals surface area (Å²) in [7, 11) is 0. The summed E-state index contributed by atoms with van der Waals surface area (Å²) in [5.74, 6) is -0.210. The number of halogens is 1. The first-order valence-corrected chi connectivity index (χ1v) is 11.4. The highest BCUT2D eigenvalue weighted by molar-refractivity contribution is 6.30. The van der Waals surface area contributed by atoms with Crippen molar-refractivity contribution in [1.82, 2.24) is 5.32 Å². The summed E-state index contributed by atoms with van der Waals surface area (Å²) in [6, 6.07) is 25.1. The average Bonchev–Trinajstić information content (AvgIpc) is 2.84. The van der Waals surface area contributed by atoms with Crippen LogP contribution >= 0.6 is 11.6 Å². The number of aromatic hydroxyl groups is 1.